The molecule has 1 fully saturated rings. The van der Waals surface area contributed by atoms with Gasteiger partial charge < -0.3 is 19.3 Å². The standard InChI is InChI=1S/C28H33N3O4/c1-28(2,3)35-27(33)29-25-18-22-8-6-5-7-21(22)17-24(25)26(32)30(4)19-20-9-11-23(12-10-20)31-13-15-34-16-14-31/h5-12,17-18H,13-16,19H2,1-4H3,(H,29,33). The number of nitrogens with one attached hydrogen (secondary N) is 1. The third-order valence-electron chi connectivity index (χ3n) is 5.83. The van der Waals surface area contributed by atoms with Gasteiger partial charge in [-0.15, -0.1) is 0 Å². The molecule has 0 atom stereocenters. The smallest absolute Gasteiger partial charge is 0.412 e. The first kappa shape index (κ1) is 24.5. The van der Waals surface area contributed by atoms with Crippen LogP contribution in [-0.2, 0) is 16.0 Å². The zero-order valence-corrected chi connectivity index (χ0v) is 20.8. The summed E-state index contributed by atoms with van der Waals surface area (Å²) in [6, 6.07) is 19.7. The maximum absolute atomic E-state index is 13.5. The quantitative estimate of drug-likeness (QED) is 0.543. The fourth-order valence-corrected chi connectivity index (χ4v) is 4.12. The Morgan fingerprint density at radius 1 is 1.00 bits per heavy atom. The van der Waals surface area contributed by atoms with Crippen molar-refractivity contribution in [2.24, 2.45) is 0 Å². The van der Waals surface area contributed by atoms with Gasteiger partial charge >= 0.3 is 6.09 Å². The van der Waals surface area contributed by atoms with Crippen LogP contribution >= 0.6 is 0 Å². The van der Waals surface area contributed by atoms with E-state index in [1.807, 2.05) is 36.4 Å². The molecule has 0 radical (unpaired) electrons. The lowest BCUT2D eigenvalue weighted by Crippen LogP contribution is -2.36. The Kier molecular flexibility index (Phi) is 7.26. The average Bonchev–Trinajstić information content (AvgIpc) is 2.83. The molecule has 35 heavy (non-hydrogen) atoms. The highest BCUT2D eigenvalue weighted by molar-refractivity contribution is 6.06. The van der Waals surface area contributed by atoms with Crippen molar-refractivity contribution in [3.63, 3.8) is 0 Å². The van der Waals surface area contributed by atoms with Crippen LogP contribution in [0.3, 0.4) is 0 Å². The van der Waals surface area contributed by atoms with Crippen molar-refractivity contribution < 1.29 is 19.1 Å². The van der Waals surface area contributed by atoms with Gasteiger partial charge in [0.15, 0.2) is 0 Å². The van der Waals surface area contributed by atoms with E-state index >= 15 is 0 Å². The average molecular weight is 476 g/mol. The van der Waals surface area contributed by atoms with Gasteiger partial charge in [-0.05, 0) is 61.4 Å². The highest BCUT2D eigenvalue weighted by Gasteiger charge is 2.22. The van der Waals surface area contributed by atoms with E-state index in [0.29, 0.717) is 17.8 Å². The molecule has 4 rings (SSSR count). The zero-order chi connectivity index (χ0) is 25.0. The van der Waals surface area contributed by atoms with E-state index in [1.165, 1.54) is 0 Å². The minimum Gasteiger partial charge on any atom is -0.444 e. The highest BCUT2D eigenvalue weighted by atomic mass is 16.6. The molecule has 1 heterocycles. The van der Waals surface area contributed by atoms with E-state index in [4.69, 9.17) is 9.47 Å². The van der Waals surface area contributed by atoms with Crippen LogP contribution in [0.2, 0.25) is 0 Å². The van der Waals surface area contributed by atoms with E-state index in [9.17, 15) is 9.59 Å². The Morgan fingerprint density at radius 2 is 1.63 bits per heavy atom. The number of fused-ring (bicyclic) bond motifs is 1. The van der Waals surface area contributed by atoms with Gasteiger partial charge in [0, 0.05) is 32.4 Å². The fraction of sp³-hybridized carbons (Fsp3) is 0.357. The summed E-state index contributed by atoms with van der Waals surface area (Å²) in [5.41, 5.74) is 2.39. The summed E-state index contributed by atoms with van der Waals surface area (Å²) >= 11 is 0. The van der Waals surface area contributed by atoms with Gasteiger partial charge in [0.2, 0.25) is 0 Å². The van der Waals surface area contributed by atoms with Gasteiger partial charge in [-0.2, -0.15) is 0 Å². The molecule has 0 aromatic heterocycles. The number of ether oxygens (including phenoxy) is 2. The van der Waals surface area contributed by atoms with Crippen LogP contribution in [-0.4, -0.2) is 55.9 Å². The lowest BCUT2D eigenvalue weighted by atomic mass is 10.0. The SMILES string of the molecule is CN(Cc1ccc(N2CCOCC2)cc1)C(=O)c1cc2ccccc2cc1NC(=O)OC(C)(C)C. The fourth-order valence-electron chi connectivity index (χ4n) is 4.12. The number of amides is 2. The molecule has 0 saturated carbocycles. The summed E-state index contributed by atoms with van der Waals surface area (Å²) in [6.07, 6.45) is -0.594. The Balaban J connectivity index is 1.54. The molecule has 0 unspecified atom stereocenters. The molecule has 1 aliphatic heterocycles. The van der Waals surface area contributed by atoms with Crippen LogP contribution in [0.4, 0.5) is 16.2 Å². The molecule has 0 spiro atoms. The van der Waals surface area contributed by atoms with Crippen molar-refractivity contribution in [1.82, 2.24) is 4.90 Å². The molecular weight excluding hydrogens is 442 g/mol. The number of morpholine rings is 1. The second kappa shape index (κ2) is 10.4. The van der Waals surface area contributed by atoms with Crippen molar-refractivity contribution in [1.29, 1.82) is 0 Å². The number of benzene rings is 3. The van der Waals surface area contributed by atoms with Gasteiger partial charge in [0.25, 0.3) is 5.91 Å². The summed E-state index contributed by atoms with van der Waals surface area (Å²) in [6.45, 7) is 9.10. The van der Waals surface area contributed by atoms with Crippen LogP contribution in [0.15, 0.2) is 60.7 Å². The summed E-state index contributed by atoms with van der Waals surface area (Å²) in [5.74, 6) is -0.181. The molecule has 0 bridgehead atoms. The number of anilines is 2. The van der Waals surface area contributed by atoms with Crippen molar-refractivity contribution >= 4 is 34.1 Å². The number of carbonyl (C=O) groups excluding carboxylic acids is 2. The first-order chi connectivity index (χ1) is 16.7. The molecule has 1 saturated heterocycles. The highest BCUT2D eigenvalue weighted by Crippen LogP contribution is 2.27. The van der Waals surface area contributed by atoms with E-state index in [2.05, 4.69) is 34.5 Å². The van der Waals surface area contributed by atoms with Crippen LogP contribution < -0.4 is 10.2 Å². The molecule has 1 N–H and O–H groups in total. The van der Waals surface area contributed by atoms with Crippen LogP contribution in [0.25, 0.3) is 10.8 Å². The van der Waals surface area contributed by atoms with Crippen molar-refractivity contribution in [2.75, 3.05) is 43.6 Å². The van der Waals surface area contributed by atoms with Crippen molar-refractivity contribution in [3.05, 3.63) is 71.8 Å². The van der Waals surface area contributed by atoms with E-state index < -0.39 is 11.7 Å². The largest absolute Gasteiger partial charge is 0.444 e. The lowest BCUT2D eigenvalue weighted by Gasteiger charge is -2.29. The minimum absolute atomic E-state index is 0.181. The Bertz CT molecular complexity index is 1200. The van der Waals surface area contributed by atoms with Crippen LogP contribution in [0, 0.1) is 0 Å². The predicted molar refractivity (Wildman–Crippen MR) is 139 cm³/mol. The maximum Gasteiger partial charge on any atom is 0.412 e. The molecule has 2 amide bonds. The second-order valence-corrected chi connectivity index (χ2v) is 9.80. The van der Waals surface area contributed by atoms with E-state index in [0.717, 1.165) is 48.3 Å². The first-order valence-electron chi connectivity index (χ1n) is 11.9. The minimum atomic E-state index is -0.644. The van der Waals surface area contributed by atoms with E-state index in [1.54, 1.807) is 32.7 Å². The number of nitrogens with zero attached hydrogens (tertiary/aromatic N) is 2. The van der Waals surface area contributed by atoms with Crippen LogP contribution in [0.5, 0.6) is 0 Å². The predicted octanol–water partition coefficient (Wildman–Crippen LogP) is 5.30. The van der Waals surface area contributed by atoms with Crippen molar-refractivity contribution in [3.8, 4) is 0 Å². The monoisotopic (exact) mass is 475 g/mol. The third kappa shape index (κ3) is 6.31. The molecular formula is C28H33N3O4. The summed E-state index contributed by atoms with van der Waals surface area (Å²) < 4.78 is 10.8. The second-order valence-electron chi connectivity index (χ2n) is 9.80. The van der Waals surface area contributed by atoms with E-state index in [-0.39, 0.29) is 5.91 Å². The van der Waals surface area contributed by atoms with Gasteiger partial charge in [-0.3, -0.25) is 10.1 Å². The number of hydrogen-bond acceptors (Lipinski definition) is 5. The van der Waals surface area contributed by atoms with Gasteiger partial charge in [0.05, 0.1) is 24.5 Å². The normalized spacial score (nSPS) is 14.0. The van der Waals surface area contributed by atoms with Crippen molar-refractivity contribution in [2.45, 2.75) is 32.9 Å². The van der Waals surface area contributed by atoms with Gasteiger partial charge in [-0.1, -0.05) is 36.4 Å². The van der Waals surface area contributed by atoms with Crippen LogP contribution in [0.1, 0.15) is 36.7 Å². The topological polar surface area (TPSA) is 71.1 Å². The zero-order valence-electron chi connectivity index (χ0n) is 20.8. The number of carbonyl (C=O) groups is 2. The summed E-state index contributed by atoms with van der Waals surface area (Å²) in [7, 11) is 1.77. The maximum atomic E-state index is 13.5. The first-order valence-corrected chi connectivity index (χ1v) is 11.9. The Hall–Kier alpha value is -3.58. The summed E-state index contributed by atoms with van der Waals surface area (Å²) in [5, 5.41) is 4.63. The Labute approximate surface area is 206 Å². The van der Waals surface area contributed by atoms with Gasteiger partial charge in [-0.25, -0.2) is 4.79 Å². The molecule has 7 heteroatoms. The molecule has 184 valence electrons. The molecule has 3 aromatic carbocycles. The molecule has 3 aromatic rings. The molecule has 1 aliphatic rings. The van der Waals surface area contributed by atoms with Gasteiger partial charge in [0.1, 0.15) is 5.60 Å². The molecule has 7 nitrogen and oxygen atoms in total. The molecule has 0 aliphatic carbocycles. The summed E-state index contributed by atoms with van der Waals surface area (Å²) in [4.78, 5) is 30.0. The third-order valence-corrected chi connectivity index (χ3v) is 5.83. The lowest BCUT2D eigenvalue weighted by molar-refractivity contribution is 0.0636. The Morgan fingerprint density at radius 3 is 2.26 bits per heavy atom. The number of hydrogen-bond donors (Lipinski definition) is 1. The number of rotatable bonds is 5.